The maximum absolute atomic E-state index is 12.0. The maximum atomic E-state index is 12.0. The Kier molecular flexibility index (Phi) is 3.57. The highest BCUT2D eigenvalue weighted by Gasteiger charge is 2.16. The third kappa shape index (κ3) is 2.61. The minimum absolute atomic E-state index is 0.0657. The summed E-state index contributed by atoms with van der Waals surface area (Å²) in [6, 6.07) is 4.18. The van der Waals surface area contributed by atoms with E-state index in [1.165, 1.54) is 10.3 Å². The van der Waals surface area contributed by atoms with Crippen molar-refractivity contribution in [1.29, 1.82) is 0 Å². The van der Waals surface area contributed by atoms with Gasteiger partial charge < -0.3 is 5.32 Å². The van der Waals surface area contributed by atoms with Crippen LogP contribution in [-0.2, 0) is 4.79 Å². The zero-order valence-electron chi connectivity index (χ0n) is 11.8. The molecule has 1 heterocycles. The molecule has 2 aromatic rings. The molecule has 1 aromatic heterocycles. The van der Waals surface area contributed by atoms with Gasteiger partial charge in [-0.2, -0.15) is 0 Å². The van der Waals surface area contributed by atoms with Gasteiger partial charge in [-0.1, -0.05) is 35.6 Å². The second-order valence-corrected chi connectivity index (χ2v) is 6.41. The summed E-state index contributed by atoms with van der Waals surface area (Å²) in [6.45, 7) is 4.13. The highest BCUT2D eigenvalue weighted by molar-refractivity contribution is 7.22. The van der Waals surface area contributed by atoms with Crippen molar-refractivity contribution >= 4 is 32.6 Å². The number of rotatable bonds is 3. The average molecular weight is 286 g/mol. The minimum Gasteiger partial charge on any atom is -0.302 e. The van der Waals surface area contributed by atoms with E-state index in [1.54, 1.807) is 11.3 Å². The molecule has 0 bridgehead atoms. The number of hydrogen-bond acceptors (Lipinski definition) is 3. The first-order valence-corrected chi connectivity index (χ1v) is 7.78. The third-order valence-corrected chi connectivity index (χ3v) is 4.85. The Hall–Kier alpha value is -1.68. The van der Waals surface area contributed by atoms with Crippen molar-refractivity contribution in [3.05, 3.63) is 35.4 Å². The Bertz CT molecular complexity index is 648. The second-order valence-electron chi connectivity index (χ2n) is 5.41. The number of aromatic nitrogens is 1. The number of amides is 1. The zero-order chi connectivity index (χ0) is 14.1. The topological polar surface area (TPSA) is 42.0 Å². The lowest BCUT2D eigenvalue weighted by molar-refractivity contribution is -0.116. The number of allylic oxidation sites excluding steroid dienone is 2. The summed E-state index contributed by atoms with van der Waals surface area (Å²) in [7, 11) is 0. The van der Waals surface area contributed by atoms with Crippen molar-refractivity contribution in [1.82, 2.24) is 4.98 Å². The van der Waals surface area contributed by atoms with E-state index < -0.39 is 0 Å². The molecule has 1 aliphatic rings. The Morgan fingerprint density at radius 3 is 2.90 bits per heavy atom. The molecule has 0 saturated carbocycles. The highest BCUT2D eigenvalue weighted by Crippen LogP contribution is 2.31. The molecule has 1 atom stereocenters. The lowest BCUT2D eigenvalue weighted by Crippen LogP contribution is -2.14. The summed E-state index contributed by atoms with van der Waals surface area (Å²) in [5, 5.41) is 3.66. The fraction of sp³-hybridized carbons (Fsp3) is 0.375. The molecule has 1 aromatic carbocycles. The molecule has 3 rings (SSSR count). The molecule has 1 amide bonds. The smallest absolute Gasteiger partial charge is 0.226 e. The third-order valence-electron chi connectivity index (χ3n) is 3.75. The molecule has 0 saturated heterocycles. The largest absolute Gasteiger partial charge is 0.302 e. The van der Waals surface area contributed by atoms with Crippen LogP contribution in [0, 0.1) is 19.8 Å². The number of nitrogens with zero attached hydrogens (tertiary/aromatic N) is 1. The molecule has 0 fully saturated rings. The molecular formula is C16H18N2OS. The standard InChI is InChI=1S/C16H18N2OS/c1-10-7-8-11(2)15-14(10)18-16(20-15)17-13(19)9-12-5-3-4-6-12/h3,5,7-8,12H,4,6,9H2,1-2H3,(H,17,18,19). The van der Waals surface area contributed by atoms with Gasteiger partial charge >= 0.3 is 0 Å². The number of aryl methyl sites for hydroxylation is 2. The van der Waals surface area contributed by atoms with Gasteiger partial charge in [0.1, 0.15) is 0 Å². The van der Waals surface area contributed by atoms with Crippen LogP contribution in [0.15, 0.2) is 24.3 Å². The predicted molar refractivity (Wildman–Crippen MR) is 84.2 cm³/mol. The number of fused-ring (bicyclic) bond motifs is 1. The van der Waals surface area contributed by atoms with E-state index in [1.807, 2.05) is 0 Å². The summed E-state index contributed by atoms with van der Waals surface area (Å²) in [5.74, 6) is 0.462. The van der Waals surface area contributed by atoms with Gasteiger partial charge in [0.25, 0.3) is 0 Å². The first-order chi connectivity index (χ1) is 9.63. The Morgan fingerprint density at radius 2 is 2.20 bits per heavy atom. The van der Waals surface area contributed by atoms with E-state index in [0.29, 0.717) is 17.5 Å². The zero-order valence-corrected chi connectivity index (χ0v) is 12.6. The normalized spacial score (nSPS) is 17.8. The lowest BCUT2D eigenvalue weighted by Gasteiger charge is -2.06. The summed E-state index contributed by atoms with van der Waals surface area (Å²) in [5.41, 5.74) is 3.37. The van der Waals surface area contributed by atoms with Gasteiger partial charge in [-0.15, -0.1) is 0 Å². The van der Waals surface area contributed by atoms with Crippen molar-refractivity contribution in [2.75, 3.05) is 5.32 Å². The fourth-order valence-electron chi connectivity index (χ4n) is 2.59. The molecule has 1 aliphatic carbocycles. The van der Waals surface area contributed by atoms with Crippen LogP contribution in [0.25, 0.3) is 10.2 Å². The second kappa shape index (κ2) is 5.37. The molecule has 0 radical (unpaired) electrons. The van der Waals surface area contributed by atoms with E-state index in [-0.39, 0.29) is 5.91 Å². The van der Waals surface area contributed by atoms with Crippen LogP contribution < -0.4 is 5.32 Å². The minimum atomic E-state index is 0.0657. The summed E-state index contributed by atoms with van der Waals surface area (Å²) < 4.78 is 1.17. The van der Waals surface area contributed by atoms with Crippen LogP contribution in [0.1, 0.15) is 30.4 Å². The van der Waals surface area contributed by atoms with Gasteiger partial charge in [-0.3, -0.25) is 4.79 Å². The number of anilines is 1. The van der Waals surface area contributed by atoms with Crippen molar-refractivity contribution in [3.8, 4) is 0 Å². The van der Waals surface area contributed by atoms with Crippen LogP contribution in [0.3, 0.4) is 0 Å². The monoisotopic (exact) mass is 286 g/mol. The Morgan fingerprint density at radius 1 is 1.40 bits per heavy atom. The van der Waals surface area contributed by atoms with E-state index in [4.69, 9.17) is 0 Å². The van der Waals surface area contributed by atoms with Crippen LogP contribution in [0.5, 0.6) is 0 Å². The molecule has 104 valence electrons. The highest BCUT2D eigenvalue weighted by atomic mass is 32.1. The molecule has 3 nitrogen and oxygen atoms in total. The van der Waals surface area contributed by atoms with E-state index in [9.17, 15) is 4.79 Å². The molecule has 20 heavy (non-hydrogen) atoms. The molecule has 0 spiro atoms. The van der Waals surface area contributed by atoms with E-state index >= 15 is 0 Å². The van der Waals surface area contributed by atoms with Gasteiger partial charge in [-0.25, -0.2) is 4.98 Å². The van der Waals surface area contributed by atoms with E-state index in [2.05, 4.69) is 48.4 Å². The maximum Gasteiger partial charge on any atom is 0.226 e. The van der Waals surface area contributed by atoms with Crippen LogP contribution >= 0.6 is 11.3 Å². The molecular weight excluding hydrogens is 268 g/mol. The number of nitrogens with one attached hydrogen (secondary N) is 1. The van der Waals surface area contributed by atoms with Crippen molar-refractivity contribution in [2.45, 2.75) is 33.1 Å². The molecule has 4 heteroatoms. The van der Waals surface area contributed by atoms with Gasteiger partial charge in [0, 0.05) is 6.42 Å². The SMILES string of the molecule is Cc1ccc(C)c2sc(NC(=O)CC3C=CCC3)nc12. The fourth-order valence-corrected chi connectivity index (χ4v) is 3.61. The predicted octanol–water partition coefficient (Wildman–Crippen LogP) is 4.21. The Labute approximate surface area is 122 Å². The number of thiazole rings is 1. The first kappa shape index (κ1) is 13.3. The number of benzene rings is 1. The van der Waals surface area contributed by atoms with Gasteiger partial charge in [-0.05, 0) is 43.7 Å². The average Bonchev–Trinajstić information content (AvgIpc) is 3.03. The van der Waals surface area contributed by atoms with E-state index in [0.717, 1.165) is 23.9 Å². The summed E-state index contributed by atoms with van der Waals surface area (Å²) in [4.78, 5) is 16.6. The first-order valence-electron chi connectivity index (χ1n) is 6.97. The Balaban J connectivity index is 1.77. The van der Waals surface area contributed by atoms with Gasteiger partial charge in [0.05, 0.1) is 10.2 Å². The summed E-state index contributed by atoms with van der Waals surface area (Å²) in [6.07, 6.45) is 7.04. The van der Waals surface area contributed by atoms with Crippen LogP contribution in [0.2, 0.25) is 0 Å². The van der Waals surface area contributed by atoms with Crippen molar-refractivity contribution in [2.24, 2.45) is 5.92 Å². The van der Waals surface area contributed by atoms with Gasteiger partial charge in [0.2, 0.25) is 5.91 Å². The van der Waals surface area contributed by atoms with Crippen LogP contribution in [0.4, 0.5) is 5.13 Å². The molecule has 1 N–H and O–H groups in total. The summed E-state index contributed by atoms with van der Waals surface area (Å²) >= 11 is 1.56. The quantitative estimate of drug-likeness (QED) is 0.859. The lowest BCUT2D eigenvalue weighted by atomic mass is 10.1. The van der Waals surface area contributed by atoms with Crippen LogP contribution in [-0.4, -0.2) is 10.9 Å². The number of carbonyl (C=O) groups is 1. The molecule has 0 aliphatic heterocycles. The van der Waals surface area contributed by atoms with Crippen molar-refractivity contribution < 1.29 is 4.79 Å². The molecule has 1 unspecified atom stereocenters. The number of carbonyl (C=O) groups excluding carboxylic acids is 1. The van der Waals surface area contributed by atoms with Gasteiger partial charge in [0.15, 0.2) is 5.13 Å². The van der Waals surface area contributed by atoms with Crippen molar-refractivity contribution in [3.63, 3.8) is 0 Å². The number of hydrogen-bond donors (Lipinski definition) is 1.